The normalized spacial score (nSPS) is 11.4. The molecule has 0 aromatic heterocycles. The summed E-state index contributed by atoms with van der Waals surface area (Å²) in [6, 6.07) is 1.94. The second-order valence-corrected chi connectivity index (χ2v) is 5.33. The zero-order chi connectivity index (χ0) is 18.2. The Hall–Kier alpha value is -1.84. The number of allylic oxidation sites excluding steroid dienone is 2. The Morgan fingerprint density at radius 3 is 2.58 bits per heavy atom. The van der Waals surface area contributed by atoms with E-state index in [1.165, 1.54) is 0 Å². The first-order valence-electron chi connectivity index (χ1n) is 8.32. The Kier molecular flexibility index (Phi) is 13.6. The SMILES string of the molecule is C=C(CCC/C(C)=C(/C#N)C(=O)OCCOCC)NCCCOC. The molecule has 0 amide bonds. The van der Waals surface area contributed by atoms with Gasteiger partial charge in [-0.15, -0.1) is 0 Å². The lowest BCUT2D eigenvalue weighted by molar-refractivity contribution is -0.140. The van der Waals surface area contributed by atoms with Crippen LogP contribution < -0.4 is 5.32 Å². The Bertz CT molecular complexity index is 452. The van der Waals surface area contributed by atoms with Crippen LogP contribution in [0.3, 0.4) is 0 Å². The number of esters is 1. The van der Waals surface area contributed by atoms with Crippen molar-refractivity contribution in [1.82, 2.24) is 5.32 Å². The highest BCUT2D eigenvalue weighted by atomic mass is 16.6. The molecule has 136 valence electrons. The molecule has 0 aromatic rings. The fourth-order valence-corrected chi connectivity index (χ4v) is 1.99. The number of hydrogen-bond donors (Lipinski definition) is 1. The van der Waals surface area contributed by atoms with Crippen LogP contribution in [0.4, 0.5) is 0 Å². The largest absolute Gasteiger partial charge is 0.459 e. The summed E-state index contributed by atoms with van der Waals surface area (Å²) in [4.78, 5) is 11.9. The fourth-order valence-electron chi connectivity index (χ4n) is 1.99. The van der Waals surface area contributed by atoms with Crippen LogP contribution in [0.2, 0.25) is 0 Å². The molecule has 0 heterocycles. The minimum Gasteiger partial charge on any atom is -0.459 e. The molecule has 1 N–H and O–H groups in total. The van der Waals surface area contributed by atoms with Crippen molar-refractivity contribution in [3.63, 3.8) is 0 Å². The van der Waals surface area contributed by atoms with Gasteiger partial charge in [-0.3, -0.25) is 0 Å². The van der Waals surface area contributed by atoms with Crippen LogP contribution in [0.25, 0.3) is 0 Å². The Labute approximate surface area is 145 Å². The number of carbonyl (C=O) groups is 1. The van der Waals surface area contributed by atoms with Crippen LogP contribution in [-0.2, 0) is 19.0 Å². The van der Waals surface area contributed by atoms with Crippen LogP contribution in [0.1, 0.15) is 39.5 Å². The molecule has 6 heteroatoms. The topological polar surface area (TPSA) is 80.6 Å². The molecule has 0 unspecified atom stereocenters. The second-order valence-electron chi connectivity index (χ2n) is 5.33. The van der Waals surface area contributed by atoms with Crippen molar-refractivity contribution in [2.45, 2.75) is 39.5 Å². The Balaban J connectivity index is 4.16. The lowest BCUT2D eigenvalue weighted by atomic mass is 10.0. The van der Waals surface area contributed by atoms with Crippen molar-refractivity contribution in [3.05, 3.63) is 23.4 Å². The highest BCUT2D eigenvalue weighted by Gasteiger charge is 2.14. The monoisotopic (exact) mass is 338 g/mol. The predicted molar refractivity (Wildman–Crippen MR) is 93.3 cm³/mol. The zero-order valence-corrected chi connectivity index (χ0v) is 15.2. The molecule has 24 heavy (non-hydrogen) atoms. The molecule has 0 spiro atoms. The van der Waals surface area contributed by atoms with Crippen LogP contribution in [-0.4, -0.2) is 46.1 Å². The molecule has 6 nitrogen and oxygen atoms in total. The van der Waals surface area contributed by atoms with Crippen molar-refractivity contribution >= 4 is 5.97 Å². The van der Waals surface area contributed by atoms with E-state index in [9.17, 15) is 4.79 Å². The standard InChI is InChI=1S/C18H30N2O4/c1-5-23-12-13-24-18(21)17(14-19)15(2)8-6-9-16(3)20-10-7-11-22-4/h20H,3,5-13H2,1-2,4H3/b17-15-. The van der Waals surface area contributed by atoms with Gasteiger partial charge >= 0.3 is 5.97 Å². The van der Waals surface area contributed by atoms with Gasteiger partial charge in [-0.05, 0) is 45.1 Å². The van der Waals surface area contributed by atoms with Crippen LogP contribution in [0.5, 0.6) is 0 Å². The molecule has 0 aromatic carbocycles. The third kappa shape index (κ3) is 10.8. The van der Waals surface area contributed by atoms with Crippen LogP contribution in [0, 0.1) is 11.3 Å². The van der Waals surface area contributed by atoms with Crippen molar-refractivity contribution in [2.24, 2.45) is 0 Å². The van der Waals surface area contributed by atoms with Gasteiger partial charge in [0.25, 0.3) is 0 Å². The van der Waals surface area contributed by atoms with Gasteiger partial charge in [0, 0.05) is 32.6 Å². The number of ether oxygens (including phenoxy) is 3. The number of nitrogens with zero attached hydrogens (tertiary/aromatic N) is 1. The molecule has 0 fully saturated rings. The highest BCUT2D eigenvalue weighted by Crippen LogP contribution is 2.14. The lowest BCUT2D eigenvalue weighted by Gasteiger charge is -2.10. The Morgan fingerprint density at radius 2 is 1.96 bits per heavy atom. The van der Waals surface area contributed by atoms with Crippen LogP contribution >= 0.6 is 0 Å². The van der Waals surface area contributed by atoms with E-state index in [-0.39, 0.29) is 12.2 Å². The first kappa shape index (κ1) is 22.2. The number of hydrogen-bond acceptors (Lipinski definition) is 6. The van der Waals surface area contributed by atoms with Crippen molar-refractivity contribution in [1.29, 1.82) is 5.26 Å². The van der Waals surface area contributed by atoms with Gasteiger partial charge in [-0.25, -0.2) is 4.79 Å². The molecule has 0 saturated carbocycles. The van der Waals surface area contributed by atoms with Gasteiger partial charge in [-0.2, -0.15) is 5.26 Å². The highest BCUT2D eigenvalue weighted by molar-refractivity contribution is 5.93. The van der Waals surface area contributed by atoms with Gasteiger partial charge in [0.2, 0.25) is 0 Å². The number of methoxy groups -OCH3 is 1. The molecule has 0 atom stereocenters. The summed E-state index contributed by atoms with van der Waals surface area (Å²) in [6.45, 7) is 10.2. The maximum absolute atomic E-state index is 11.9. The van der Waals surface area contributed by atoms with E-state index in [0.717, 1.165) is 43.7 Å². The minimum absolute atomic E-state index is 0.0881. The van der Waals surface area contributed by atoms with Crippen molar-refractivity contribution in [2.75, 3.05) is 40.1 Å². The maximum Gasteiger partial charge on any atom is 0.348 e. The Morgan fingerprint density at radius 1 is 1.21 bits per heavy atom. The third-order valence-corrected chi connectivity index (χ3v) is 3.34. The van der Waals surface area contributed by atoms with E-state index in [4.69, 9.17) is 19.5 Å². The van der Waals surface area contributed by atoms with E-state index in [0.29, 0.717) is 19.6 Å². The summed E-state index contributed by atoms with van der Waals surface area (Å²) in [7, 11) is 1.68. The first-order valence-corrected chi connectivity index (χ1v) is 8.32. The fraction of sp³-hybridized carbons (Fsp3) is 0.667. The zero-order valence-electron chi connectivity index (χ0n) is 15.2. The average molecular weight is 338 g/mol. The van der Waals surface area contributed by atoms with E-state index in [1.54, 1.807) is 14.0 Å². The molecule has 0 aliphatic carbocycles. The molecule has 0 saturated heterocycles. The van der Waals surface area contributed by atoms with Crippen LogP contribution in [0.15, 0.2) is 23.4 Å². The quantitative estimate of drug-likeness (QED) is 0.227. The van der Waals surface area contributed by atoms with Gasteiger partial charge < -0.3 is 19.5 Å². The summed E-state index contributed by atoms with van der Waals surface area (Å²) < 4.78 is 15.1. The second kappa shape index (κ2) is 14.7. The van der Waals surface area contributed by atoms with E-state index in [2.05, 4.69) is 11.9 Å². The van der Waals surface area contributed by atoms with Crippen molar-refractivity contribution < 1.29 is 19.0 Å². The van der Waals surface area contributed by atoms with E-state index >= 15 is 0 Å². The number of rotatable bonds is 14. The molecule has 0 aliphatic rings. The average Bonchev–Trinajstić information content (AvgIpc) is 2.56. The number of nitriles is 1. The van der Waals surface area contributed by atoms with E-state index < -0.39 is 5.97 Å². The van der Waals surface area contributed by atoms with E-state index in [1.807, 2.05) is 13.0 Å². The van der Waals surface area contributed by atoms with Gasteiger partial charge in [0.15, 0.2) is 0 Å². The molecule has 0 rings (SSSR count). The maximum atomic E-state index is 11.9. The summed E-state index contributed by atoms with van der Waals surface area (Å²) in [5, 5.41) is 12.4. The lowest BCUT2D eigenvalue weighted by Crippen LogP contribution is -2.15. The summed E-state index contributed by atoms with van der Waals surface area (Å²) in [5.41, 5.74) is 1.79. The minimum atomic E-state index is -0.578. The van der Waals surface area contributed by atoms with Gasteiger partial charge in [0.1, 0.15) is 18.2 Å². The predicted octanol–water partition coefficient (Wildman–Crippen LogP) is 2.72. The molecule has 0 radical (unpaired) electrons. The molecule has 0 aliphatic heterocycles. The number of carbonyl (C=O) groups excluding carboxylic acids is 1. The smallest absolute Gasteiger partial charge is 0.348 e. The molecule has 0 bridgehead atoms. The molecular formula is C18H30N2O4. The summed E-state index contributed by atoms with van der Waals surface area (Å²) >= 11 is 0. The van der Waals surface area contributed by atoms with Gasteiger partial charge in [-0.1, -0.05) is 6.58 Å². The first-order chi connectivity index (χ1) is 11.6. The van der Waals surface area contributed by atoms with Crippen molar-refractivity contribution in [3.8, 4) is 6.07 Å². The number of nitrogens with one attached hydrogen (secondary N) is 1. The van der Waals surface area contributed by atoms with Gasteiger partial charge in [0.05, 0.1) is 6.61 Å². The summed E-state index contributed by atoms with van der Waals surface area (Å²) in [6.07, 6.45) is 3.20. The molecular weight excluding hydrogens is 308 g/mol. The summed E-state index contributed by atoms with van der Waals surface area (Å²) in [5.74, 6) is -0.578. The third-order valence-electron chi connectivity index (χ3n) is 3.34.